The highest BCUT2D eigenvalue weighted by Gasteiger charge is 2.55. The molecule has 2 fully saturated rings. The van der Waals surface area contributed by atoms with Crippen LogP contribution >= 0.6 is 11.3 Å². The zero-order valence-corrected chi connectivity index (χ0v) is 18.1. The summed E-state index contributed by atoms with van der Waals surface area (Å²) >= 11 is 1.32. The molecule has 2 bridgehead atoms. The number of hydrogen-bond acceptors (Lipinski definition) is 7. The number of phenolic OH excluding ortho intramolecular Hbond substituents is 1. The molecule has 1 aromatic carbocycles. The van der Waals surface area contributed by atoms with Crippen molar-refractivity contribution in [1.82, 2.24) is 25.1 Å². The number of benzene rings is 1. The Morgan fingerprint density at radius 1 is 1.42 bits per heavy atom. The van der Waals surface area contributed by atoms with E-state index in [-0.39, 0.29) is 23.8 Å². The van der Waals surface area contributed by atoms with E-state index in [1.165, 1.54) is 11.3 Å². The first-order chi connectivity index (χ1) is 14.9. The van der Waals surface area contributed by atoms with Gasteiger partial charge in [-0.25, -0.2) is 9.37 Å². The summed E-state index contributed by atoms with van der Waals surface area (Å²) in [4.78, 5) is 4.02. The normalized spacial score (nSPS) is 29.9. The Balaban J connectivity index is 1.39. The second-order valence-electron chi connectivity index (χ2n) is 8.50. The van der Waals surface area contributed by atoms with E-state index in [2.05, 4.69) is 27.1 Å². The molecular formula is C22H24FN5O2S. The number of aromatic nitrogens is 4. The lowest BCUT2D eigenvalue weighted by Crippen LogP contribution is -2.56. The molecule has 5 rings (SSSR count). The lowest BCUT2D eigenvalue weighted by atomic mass is 9.79. The number of allylic oxidation sites excluding steroid dienone is 1. The van der Waals surface area contributed by atoms with Crippen molar-refractivity contribution in [3.05, 3.63) is 48.5 Å². The number of nitrogens with zero attached hydrogens (tertiary/aromatic N) is 4. The maximum Gasteiger partial charge on any atom is 0.151 e. The number of nitrogens with one attached hydrogen (secondary N) is 1. The largest absolute Gasteiger partial charge is 0.507 e. The summed E-state index contributed by atoms with van der Waals surface area (Å²) in [6, 6.07) is 5.42. The Morgan fingerprint density at radius 3 is 2.97 bits per heavy atom. The highest BCUT2D eigenvalue weighted by molar-refractivity contribution is 7.15. The number of piperidine rings is 1. The van der Waals surface area contributed by atoms with Gasteiger partial charge in [-0.05, 0) is 37.5 Å². The van der Waals surface area contributed by atoms with Crippen LogP contribution < -0.4 is 5.32 Å². The summed E-state index contributed by atoms with van der Waals surface area (Å²) in [5.74, 6) is -0.257. The Labute approximate surface area is 183 Å². The molecule has 2 aliphatic rings. The van der Waals surface area contributed by atoms with Gasteiger partial charge in [0.15, 0.2) is 5.01 Å². The number of aromatic hydroxyl groups is 1. The molecule has 2 aliphatic heterocycles. The van der Waals surface area contributed by atoms with Crippen LogP contribution in [0.4, 0.5) is 4.39 Å². The maximum absolute atomic E-state index is 15.5. The van der Waals surface area contributed by atoms with Crippen molar-refractivity contribution in [2.45, 2.75) is 43.6 Å². The standard InChI is InChI=1S/C22H24FN5O2S/c1-12(15-9-16-18(30-3)10-22(2,25-16)19(15)23)20-26-27-21(31-20)14-5-4-13(8-17(14)29)28-7-6-24-11-28/h4-8,11,15-16,18-19,25,29H,1,9-10H2,2-3H3/t15-,16?,18+,19-,22-/m0/s1. The minimum atomic E-state index is -1.09. The van der Waals surface area contributed by atoms with Gasteiger partial charge >= 0.3 is 0 Å². The number of fused-ring (bicyclic) bond motifs is 2. The van der Waals surface area contributed by atoms with E-state index in [9.17, 15) is 5.11 Å². The van der Waals surface area contributed by atoms with E-state index < -0.39 is 11.7 Å². The van der Waals surface area contributed by atoms with E-state index in [1.807, 2.05) is 13.0 Å². The highest BCUT2D eigenvalue weighted by atomic mass is 32.1. The molecule has 1 unspecified atom stereocenters. The highest BCUT2D eigenvalue weighted by Crippen LogP contribution is 2.47. The molecule has 0 amide bonds. The molecule has 0 spiro atoms. The van der Waals surface area contributed by atoms with E-state index in [1.54, 1.807) is 42.5 Å². The van der Waals surface area contributed by atoms with E-state index >= 15 is 4.39 Å². The molecular weight excluding hydrogens is 417 g/mol. The van der Waals surface area contributed by atoms with Crippen LogP contribution in [0.3, 0.4) is 0 Å². The predicted octanol–water partition coefficient (Wildman–Crippen LogP) is 3.60. The van der Waals surface area contributed by atoms with Gasteiger partial charge in [0.1, 0.15) is 16.9 Å². The zero-order chi connectivity index (χ0) is 21.8. The fourth-order valence-electron chi connectivity index (χ4n) is 4.84. The number of halogens is 1. The molecule has 5 atom stereocenters. The molecule has 7 nitrogen and oxygen atoms in total. The van der Waals surface area contributed by atoms with Crippen LogP contribution in [-0.2, 0) is 4.74 Å². The van der Waals surface area contributed by atoms with Gasteiger partial charge in [-0.2, -0.15) is 0 Å². The lowest BCUT2D eigenvalue weighted by Gasteiger charge is -2.40. The van der Waals surface area contributed by atoms with Gasteiger partial charge < -0.3 is 19.7 Å². The topological polar surface area (TPSA) is 85.1 Å². The van der Waals surface area contributed by atoms with Crippen molar-refractivity contribution in [2.24, 2.45) is 5.92 Å². The Kier molecular flexibility index (Phi) is 4.91. The van der Waals surface area contributed by atoms with Crippen molar-refractivity contribution in [2.75, 3.05) is 7.11 Å². The third kappa shape index (κ3) is 3.37. The summed E-state index contributed by atoms with van der Waals surface area (Å²) in [5.41, 5.74) is 1.39. The first-order valence-electron chi connectivity index (χ1n) is 10.2. The molecule has 162 valence electrons. The third-order valence-electron chi connectivity index (χ3n) is 6.52. The molecule has 3 aromatic rings. The van der Waals surface area contributed by atoms with Gasteiger partial charge in [-0.15, -0.1) is 10.2 Å². The lowest BCUT2D eigenvalue weighted by molar-refractivity contribution is 0.0847. The molecule has 0 aliphatic carbocycles. The second kappa shape index (κ2) is 7.51. The molecule has 0 saturated carbocycles. The molecule has 9 heteroatoms. The van der Waals surface area contributed by atoms with Crippen LogP contribution in [0.15, 0.2) is 43.5 Å². The van der Waals surface area contributed by atoms with Crippen molar-refractivity contribution >= 4 is 16.9 Å². The van der Waals surface area contributed by atoms with Gasteiger partial charge in [-0.1, -0.05) is 17.9 Å². The number of phenols is 1. The number of imidazole rings is 1. The molecule has 2 aromatic heterocycles. The Morgan fingerprint density at radius 2 is 2.26 bits per heavy atom. The quantitative estimate of drug-likeness (QED) is 0.629. The van der Waals surface area contributed by atoms with Crippen LogP contribution in [0.25, 0.3) is 21.8 Å². The van der Waals surface area contributed by atoms with E-state index in [0.29, 0.717) is 34.0 Å². The van der Waals surface area contributed by atoms with Gasteiger partial charge in [-0.3, -0.25) is 0 Å². The van der Waals surface area contributed by atoms with Crippen LogP contribution in [-0.4, -0.2) is 55.8 Å². The summed E-state index contributed by atoms with van der Waals surface area (Å²) in [5, 5.41) is 23.6. The fourth-order valence-corrected chi connectivity index (χ4v) is 5.75. The summed E-state index contributed by atoms with van der Waals surface area (Å²) < 4.78 is 22.8. The third-order valence-corrected chi connectivity index (χ3v) is 7.56. The first kappa shape index (κ1) is 20.3. The minimum Gasteiger partial charge on any atom is -0.507 e. The van der Waals surface area contributed by atoms with Crippen molar-refractivity contribution in [1.29, 1.82) is 0 Å². The van der Waals surface area contributed by atoms with Crippen molar-refractivity contribution < 1.29 is 14.2 Å². The van der Waals surface area contributed by atoms with Gasteiger partial charge in [0.05, 0.1) is 29.2 Å². The van der Waals surface area contributed by atoms with E-state index in [0.717, 1.165) is 5.69 Å². The number of methoxy groups -OCH3 is 1. The first-order valence-corrected chi connectivity index (χ1v) is 11.0. The van der Waals surface area contributed by atoms with Crippen LogP contribution in [0.2, 0.25) is 0 Å². The van der Waals surface area contributed by atoms with Gasteiger partial charge in [0.25, 0.3) is 0 Å². The van der Waals surface area contributed by atoms with Crippen LogP contribution in [0.1, 0.15) is 24.8 Å². The monoisotopic (exact) mass is 441 g/mol. The molecule has 0 radical (unpaired) electrons. The van der Waals surface area contributed by atoms with Gasteiger partial charge in [0.2, 0.25) is 0 Å². The van der Waals surface area contributed by atoms with Crippen molar-refractivity contribution in [3.63, 3.8) is 0 Å². The molecule has 31 heavy (non-hydrogen) atoms. The number of hydrogen-bond donors (Lipinski definition) is 2. The SMILES string of the molecule is C=C(c1nnc(-c2ccc(-n3ccnc3)cc2O)s1)[C@@H]1CC2N[C@@](C)(C[C@H]2OC)[C@H]1F. The molecule has 2 N–H and O–H groups in total. The zero-order valence-electron chi connectivity index (χ0n) is 17.3. The maximum atomic E-state index is 15.5. The Bertz CT molecular complexity index is 1120. The fraction of sp³-hybridized carbons (Fsp3) is 0.409. The number of rotatable bonds is 5. The molecule has 2 saturated heterocycles. The smallest absolute Gasteiger partial charge is 0.151 e. The van der Waals surface area contributed by atoms with Crippen LogP contribution in [0, 0.1) is 5.92 Å². The average molecular weight is 442 g/mol. The summed E-state index contributed by atoms with van der Waals surface area (Å²) in [7, 11) is 1.68. The second-order valence-corrected chi connectivity index (χ2v) is 9.48. The predicted molar refractivity (Wildman–Crippen MR) is 117 cm³/mol. The van der Waals surface area contributed by atoms with Gasteiger partial charge in [0, 0.05) is 37.5 Å². The van der Waals surface area contributed by atoms with Crippen molar-refractivity contribution in [3.8, 4) is 22.0 Å². The number of ether oxygens (including phenoxy) is 1. The number of alkyl halides is 1. The molecule has 4 heterocycles. The minimum absolute atomic E-state index is 0.00279. The Hall–Kier alpha value is -2.62. The van der Waals surface area contributed by atoms with Crippen LogP contribution in [0.5, 0.6) is 5.75 Å². The summed E-state index contributed by atoms with van der Waals surface area (Å²) in [6.07, 6.45) is 5.29. The summed E-state index contributed by atoms with van der Waals surface area (Å²) in [6.45, 7) is 6.09. The van der Waals surface area contributed by atoms with E-state index in [4.69, 9.17) is 4.74 Å². The average Bonchev–Trinajstić information content (AvgIpc) is 3.50.